The van der Waals surface area contributed by atoms with Crippen molar-refractivity contribution in [1.29, 1.82) is 0 Å². The van der Waals surface area contributed by atoms with Crippen molar-refractivity contribution in [2.75, 3.05) is 9.80 Å². The Hall–Kier alpha value is -6.98. The molecule has 0 N–H and O–H groups in total. The van der Waals surface area contributed by atoms with E-state index in [4.69, 9.17) is 4.42 Å². The Morgan fingerprint density at radius 2 is 1.27 bits per heavy atom. The van der Waals surface area contributed by atoms with Gasteiger partial charge in [0.15, 0.2) is 0 Å². The average molecular weight is 802 g/mol. The molecule has 0 saturated heterocycles. The van der Waals surface area contributed by atoms with Crippen LogP contribution >= 0.6 is 0 Å². The summed E-state index contributed by atoms with van der Waals surface area (Å²) in [4.78, 5) is 5.05. The van der Waals surface area contributed by atoms with E-state index in [0.717, 1.165) is 44.7 Å². The highest BCUT2D eigenvalue weighted by Crippen LogP contribution is 2.50. The number of rotatable bonds is 5. The fourth-order valence-corrected chi connectivity index (χ4v) is 10.5. The van der Waals surface area contributed by atoms with Gasteiger partial charge >= 0.3 is 0 Å². The van der Waals surface area contributed by atoms with Gasteiger partial charge in [-0.25, -0.2) is 0 Å². The molecule has 5 heteroatoms. The number of para-hydroxylation sites is 2. The molecule has 0 saturated carbocycles. The second kappa shape index (κ2) is 13.3. The Morgan fingerprint density at radius 1 is 0.581 bits per heavy atom. The van der Waals surface area contributed by atoms with Crippen molar-refractivity contribution < 1.29 is 4.42 Å². The van der Waals surface area contributed by atoms with E-state index < -0.39 is 0 Å². The van der Waals surface area contributed by atoms with Crippen LogP contribution in [0.2, 0.25) is 0 Å². The molecule has 12 rings (SSSR count). The normalized spacial score (nSPS) is 13.2. The van der Waals surface area contributed by atoms with Gasteiger partial charge in [0.2, 0.25) is 0 Å². The average Bonchev–Trinajstić information content (AvgIpc) is 3.80. The highest BCUT2D eigenvalue weighted by atomic mass is 16.3. The van der Waals surface area contributed by atoms with Crippen molar-refractivity contribution in [2.24, 2.45) is 0 Å². The number of furan rings is 1. The maximum absolute atomic E-state index is 6.52. The third kappa shape index (κ3) is 5.33. The minimum absolute atomic E-state index is 0.00526. The second-order valence-electron chi connectivity index (χ2n) is 19.0. The Kier molecular flexibility index (Phi) is 7.88. The van der Waals surface area contributed by atoms with Crippen LogP contribution in [-0.4, -0.2) is 11.3 Å². The lowest BCUT2D eigenvalue weighted by Gasteiger charge is -2.43. The Bertz CT molecular complexity index is 3440. The van der Waals surface area contributed by atoms with Gasteiger partial charge in [0, 0.05) is 55.5 Å². The van der Waals surface area contributed by atoms with Gasteiger partial charge in [-0.05, 0) is 125 Å². The summed E-state index contributed by atoms with van der Waals surface area (Å²) in [5.41, 5.74) is 21.6. The van der Waals surface area contributed by atoms with Gasteiger partial charge in [-0.3, -0.25) is 0 Å². The third-order valence-corrected chi connectivity index (χ3v) is 13.6. The number of hydrogen-bond acceptors (Lipinski definition) is 3. The molecule has 2 aromatic heterocycles. The fraction of sp³-hybridized carbons (Fsp3) is 0.158. The van der Waals surface area contributed by atoms with E-state index in [1.54, 1.807) is 0 Å². The summed E-state index contributed by atoms with van der Waals surface area (Å²) in [6.07, 6.45) is 0. The molecule has 0 aliphatic carbocycles. The first-order chi connectivity index (χ1) is 30.0. The number of benzene rings is 8. The molecule has 4 heterocycles. The first-order valence-corrected chi connectivity index (χ1v) is 22.1. The molecule has 0 amide bonds. The molecule has 0 unspecified atom stereocenters. The number of anilines is 6. The zero-order chi connectivity index (χ0) is 42.2. The SMILES string of the molecule is Cc1ccc(N2c3ccc(C)cc3B3c4c(ccc(N(c5ccc(C(C)C)cc5)c5ccc(C(C)(C)C)cc5)c42)-n2c4cc5c(cc4c4cccc3c42)oc2ccccc25)cc1. The monoisotopic (exact) mass is 801 g/mol. The van der Waals surface area contributed by atoms with Crippen LogP contribution in [0.15, 0.2) is 162 Å². The molecule has 4 nitrogen and oxygen atoms in total. The van der Waals surface area contributed by atoms with Crippen molar-refractivity contribution in [3.05, 3.63) is 180 Å². The van der Waals surface area contributed by atoms with E-state index in [2.05, 4.69) is 221 Å². The van der Waals surface area contributed by atoms with Crippen LogP contribution in [0.4, 0.5) is 34.1 Å². The summed E-state index contributed by atoms with van der Waals surface area (Å²) < 4.78 is 9.08. The number of aromatic nitrogens is 1. The topological polar surface area (TPSA) is 24.6 Å². The predicted octanol–water partition coefficient (Wildman–Crippen LogP) is 13.8. The lowest BCUT2D eigenvalue weighted by atomic mass is 9.33. The minimum atomic E-state index is -0.00526. The Morgan fingerprint density at radius 3 is 2.02 bits per heavy atom. The van der Waals surface area contributed by atoms with E-state index in [1.165, 1.54) is 77.5 Å². The van der Waals surface area contributed by atoms with E-state index >= 15 is 0 Å². The van der Waals surface area contributed by atoms with Crippen LogP contribution < -0.4 is 26.2 Å². The lowest BCUT2D eigenvalue weighted by molar-refractivity contribution is 0.590. The Balaban J connectivity index is 1.22. The molecule has 0 atom stereocenters. The summed E-state index contributed by atoms with van der Waals surface area (Å²) in [7, 11) is 0. The van der Waals surface area contributed by atoms with Crippen LogP contribution in [0.3, 0.4) is 0 Å². The van der Waals surface area contributed by atoms with Gasteiger partial charge in [-0.2, -0.15) is 0 Å². The summed E-state index contributed by atoms with van der Waals surface area (Å²) in [6, 6.07) is 59.4. The molecule has 0 radical (unpaired) electrons. The van der Waals surface area contributed by atoms with Gasteiger partial charge in [0.05, 0.1) is 16.9 Å². The van der Waals surface area contributed by atoms with Gasteiger partial charge in [0.1, 0.15) is 11.2 Å². The van der Waals surface area contributed by atoms with Gasteiger partial charge in [-0.1, -0.05) is 131 Å². The highest BCUT2D eigenvalue weighted by molar-refractivity contribution is 7.00. The van der Waals surface area contributed by atoms with Crippen LogP contribution in [0.25, 0.3) is 49.4 Å². The number of aryl methyl sites for hydroxylation is 2. The third-order valence-electron chi connectivity index (χ3n) is 13.6. The fourth-order valence-electron chi connectivity index (χ4n) is 10.5. The molecule has 10 aromatic rings. The van der Waals surface area contributed by atoms with Crippen LogP contribution in [0.1, 0.15) is 62.8 Å². The van der Waals surface area contributed by atoms with Gasteiger partial charge < -0.3 is 18.8 Å². The molecular weight excluding hydrogens is 753 g/mol. The summed E-state index contributed by atoms with van der Waals surface area (Å²) in [6.45, 7) is 15.8. The highest BCUT2D eigenvalue weighted by Gasteiger charge is 2.44. The first-order valence-electron chi connectivity index (χ1n) is 22.1. The molecule has 0 fully saturated rings. The van der Waals surface area contributed by atoms with Crippen LogP contribution in [0, 0.1) is 13.8 Å². The zero-order valence-electron chi connectivity index (χ0n) is 36.4. The predicted molar refractivity (Wildman–Crippen MR) is 264 cm³/mol. The van der Waals surface area contributed by atoms with Crippen molar-refractivity contribution in [3.8, 4) is 5.69 Å². The molecule has 0 bridgehead atoms. The standard InChI is InChI=1S/C57H48BN3O/c1-34(2)37-18-24-39(25-19-37)59(40-26-20-38(21-27-40)57(5,6)7)50-30-29-49-54-56(50)60(41-22-15-35(3)16-23-41)48-28-17-36(4)31-47(48)58(54)46-13-10-12-43-44-33-53-45(32-51(44)61(49)55(43)46)42-11-8-9-14-52(42)62-53/h8-34H,1-7H3. The van der Waals surface area contributed by atoms with Gasteiger partial charge in [0.25, 0.3) is 6.71 Å². The summed E-state index contributed by atoms with van der Waals surface area (Å²) in [5.74, 6) is 0.431. The second-order valence-corrected chi connectivity index (χ2v) is 19.0. The molecule has 300 valence electrons. The number of fused-ring (bicyclic) bond motifs is 10. The van der Waals surface area contributed by atoms with Crippen molar-refractivity contribution in [3.63, 3.8) is 0 Å². The lowest BCUT2D eigenvalue weighted by Crippen LogP contribution is -2.60. The van der Waals surface area contributed by atoms with E-state index in [-0.39, 0.29) is 12.1 Å². The summed E-state index contributed by atoms with van der Waals surface area (Å²) >= 11 is 0. The maximum atomic E-state index is 6.52. The molecule has 62 heavy (non-hydrogen) atoms. The summed E-state index contributed by atoms with van der Waals surface area (Å²) in [5, 5.41) is 4.73. The number of nitrogens with zero attached hydrogens (tertiary/aromatic N) is 3. The molecule has 2 aliphatic heterocycles. The van der Waals surface area contributed by atoms with E-state index in [0.29, 0.717) is 5.92 Å². The van der Waals surface area contributed by atoms with E-state index in [1.807, 2.05) is 0 Å². The Labute approximate surface area is 363 Å². The molecule has 0 spiro atoms. The van der Waals surface area contributed by atoms with Gasteiger partial charge in [-0.15, -0.1) is 0 Å². The molecular formula is C57H48BN3O. The molecule has 8 aromatic carbocycles. The van der Waals surface area contributed by atoms with Crippen molar-refractivity contribution >= 4 is 101 Å². The zero-order valence-corrected chi connectivity index (χ0v) is 36.4. The molecule has 2 aliphatic rings. The van der Waals surface area contributed by atoms with Crippen LogP contribution in [-0.2, 0) is 5.41 Å². The maximum Gasteiger partial charge on any atom is 0.252 e. The largest absolute Gasteiger partial charge is 0.456 e. The van der Waals surface area contributed by atoms with E-state index in [9.17, 15) is 0 Å². The first kappa shape index (κ1) is 36.8. The quantitative estimate of drug-likeness (QED) is 0.162. The smallest absolute Gasteiger partial charge is 0.252 e. The number of hydrogen-bond donors (Lipinski definition) is 0. The van der Waals surface area contributed by atoms with Crippen molar-refractivity contribution in [1.82, 2.24) is 4.57 Å². The van der Waals surface area contributed by atoms with Crippen molar-refractivity contribution in [2.45, 2.75) is 59.8 Å². The minimum Gasteiger partial charge on any atom is -0.456 e. The van der Waals surface area contributed by atoms with Crippen LogP contribution in [0.5, 0.6) is 0 Å².